The minimum atomic E-state index is -0.287. The summed E-state index contributed by atoms with van der Waals surface area (Å²) in [5, 5.41) is 6.66. The number of nitrogens with zero attached hydrogens (tertiary/aromatic N) is 3. The molecule has 0 saturated heterocycles. The molecule has 24 heavy (non-hydrogen) atoms. The van der Waals surface area contributed by atoms with Crippen LogP contribution in [0.1, 0.15) is 31.2 Å². The molecule has 6 nitrogen and oxygen atoms in total. The van der Waals surface area contributed by atoms with Gasteiger partial charge >= 0.3 is 0 Å². The average molecular weight is 331 g/mol. The van der Waals surface area contributed by atoms with Crippen molar-refractivity contribution in [3.63, 3.8) is 0 Å². The van der Waals surface area contributed by atoms with Crippen LogP contribution in [0.25, 0.3) is 0 Å². The van der Waals surface area contributed by atoms with Crippen molar-refractivity contribution in [3.05, 3.63) is 30.1 Å². The second kappa shape index (κ2) is 8.66. The molecule has 0 unspecified atom stereocenters. The Bertz CT molecular complexity index is 550. The molecule has 2 N–H and O–H groups in total. The smallest absolute Gasteiger partial charge is 0.230 e. The van der Waals surface area contributed by atoms with Crippen molar-refractivity contribution >= 4 is 11.9 Å². The largest absolute Gasteiger partial charge is 0.356 e. The molecular formula is C18H29N5O. The molecule has 2 rings (SSSR count). The van der Waals surface area contributed by atoms with Gasteiger partial charge in [0.15, 0.2) is 5.96 Å². The first-order chi connectivity index (χ1) is 11.6. The Morgan fingerprint density at radius 2 is 2.08 bits per heavy atom. The maximum atomic E-state index is 12.6. The Labute approximate surface area is 144 Å². The number of guanidine groups is 1. The van der Waals surface area contributed by atoms with Gasteiger partial charge in [0.25, 0.3) is 0 Å². The molecule has 0 spiro atoms. The van der Waals surface area contributed by atoms with Gasteiger partial charge in [-0.1, -0.05) is 18.9 Å². The second-order valence-corrected chi connectivity index (χ2v) is 6.65. The molecule has 1 aliphatic carbocycles. The van der Waals surface area contributed by atoms with Crippen molar-refractivity contribution in [1.29, 1.82) is 0 Å². The topological polar surface area (TPSA) is 69.6 Å². The predicted octanol–water partition coefficient (Wildman–Crippen LogP) is 1.44. The van der Waals surface area contributed by atoms with Crippen molar-refractivity contribution in [3.8, 4) is 0 Å². The van der Waals surface area contributed by atoms with Gasteiger partial charge in [0.1, 0.15) is 0 Å². The molecule has 132 valence electrons. The third-order valence-electron chi connectivity index (χ3n) is 4.67. The number of hydrogen-bond acceptors (Lipinski definition) is 3. The number of amides is 1. The van der Waals surface area contributed by atoms with Gasteiger partial charge in [-0.15, -0.1) is 0 Å². The third-order valence-corrected chi connectivity index (χ3v) is 4.67. The van der Waals surface area contributed by atoms with E-state index in [1.54, 1.807) is 18.1 Å². The lowest BCUT2D eigenvalue weighted by Crippen LogP contribution is -2.49. The van der Waals surface area contributed by atoms with Crippen LogP contribution in [0.4, 0.5) is 0 Å². The van der Waals surface area contributed by atoms with Gasteiger partial charge in [0, 0.05) is 46.6 Å². The summed E-state index contributed by atoms with van der Waals surface area (Å²) in [5.41, 5.74) is 0.903. The predicted molar refractivity (Wildman–Crippen MR) is 96.9 cm³/mol. The molecule has 1 aromatic heterocycles. The van der Waals surface area contributed by atoms with Gasteiger partial charge in [-0.3, -0.25) is 14.8 Å². The zero-order chi connectivity index (χ0) is 17.4. The van der Waals surface area contributed by atoms with Crippen molar-refractivity contribution in [2.45, 2.75) is 32.1 Å². The van der Waals surface area contributed by atoms with E-state index in [1.165, 1.54) is 5.56 Å². The molecule has 0 aliphatic heterocycles. The summed E-state index contributed by atoms with van der Waals surface area (Å²) in [7, 11) is 5.43. The Hall–Kier alpha value is -2.11. The Morgan fingerprint density at radius 1 is 1.33 bits per heavy atom. The molecule has 6 heteroatoms. The van der Waals surface area contributed by atoms with Crippen molar-refractivity contribution in [2.24, 2.45) is 10.4 Å². The summed E-state index contributed by atoms with van der Waals surface area (Å²) < 4.78 is 0. The fourth-order valence-corrected chi connectivity index (χ4v) is 3.34. The van der Waals surface area contributed by atoms with Gasteiger partial charge in [0.05, 0.1) is 5.41 Å². The number of aliphatic imine (C=N–C) groups is 1. The molecule has 1 aliphatic rings. The molecule has 0 radical (unpaired) electrons. The number of pyridine rings is 1. The second-order valence-electron chi connectivity index (χ2n) is 6.65. The minimum Gasteiger partial charge on any atom is -0.356 e. The zero-order valence-electron chi connectivity index (χ0n) is 15.0. The first-order valence-electron chi connectivity index (χ1n) is 8.62. The maximum Gasteiger partial charge on any atom is 0.230 e. The highest BCUT2D eigenvalue weighted by Gasteiger charge is 2.42. The van der Waals surface area contributed by atoms with Crippen LogP contribution in [0.5, 0.6) is 0 Å². The molecule has 1 heterocycles. The number of aromatic nitrogens is 1. The Kier molecular flexibility index (Phi) is 6.58. The third kappa shape index (κ3) is 4.69. The van der Waals surface area contributed by atoms with Crippen molar-refractivity contribution in [2.75, 3.05) is 34.2 Å². The lowest BCUT2D eigenvalue weighted by molar-refractivity contribution is -0.138. The maximum absolute atomic E-state index is 12.6. The van der Waals surface area contributed by atoms with Crippen LogP contribution in [0.2, 0.25) is 0 Å². The summed E-state index contributed by atoms with van der Waals surface area (Å²) in [6.07, 6.45) is 8.67. The Morgan fingerprint density at radius 3 is 2.67 bits per heavy atom. The van der Waals surface area contributed by atoms with E-state index in [9.17, 15) is 4.79 Å². The highest BCUT2D eigenvalue weighted by molar-refractivity contribution is 5.85. The summed E-state index contributed by atoms with van der Waals surface area (Å²) in [5.74, 6) is 0.968. The molecule has 1 amide bonds. The number of hydrogen-bond donors (Lipinski definition) is 2. The van der Waals surface area contributed by atoms with E-state index >= 15 is 0 Å². The molecule has 1 aromatic rings. The fraction of sp³-hybridized carbons (Fsp3) is 0.611. The first kappa shape index (κ1) is 18.2. The first-order valence-corrected chi connectivity index (χ1v) is 8.62. The van der Waals surface area contributed by atoms with E-state index in [-0.39, 0.29) is 11.3 Å². The number of carbonyl (C=O) groups excluding carboxylic acids is 1. The number of rotatable bonds is 6. The summed E-state index contributed by atoms with van der Waals surface area (Å²) in [6.45, 7) is 1.41. The zero-order valence-corrected chi connectivity index (χ0v) is 15.0. The highest BCUT2D eigenvalue weighted by Crippen LogP contribution is 2.38. The lowest BCUT2D eigenvalue weighted by Gasteiger charge is -2.31. The summed E-state index contributed by atoms with van der Waals surface area (Å²) in [6, 6.07) is 4.01. The molecule has 1 fully saturated rings. The fourth-order valence-electron chi connectivity index (χ4n) is 3.34. The minimum absolute atomic E-state index is 0.221. The molecule has 0 aromatic carbocycles. The molecule has 0 atom stereocenters. The van der Waals surface area contributed by atoms with Crippen molar-refractivity contribution in [1.82, 2.24) is 20.5 Å². The van der Waals surface area contributed by atoms with Gasteiger partial charge in [-0.25, -0.2) is 0 Å². The summed E-state index contributed by atoms with van der Waals surface area (Å²) in [4.78, 5) is 22.7. The quantitative estimate of drug-likeness (QED) is 0.611. The standard InChI is InChI=1S/C18H29N5O/c1-19-17(21-12-8-15-7-6-11-20-13-15)22-14-18(9-4-5-10-18)16(24)23(2)3/h6-7,11,13H,4-5,8-10,12,14H2,1-3H3,(H2,19,21,22). The highest BCUT2D eigenvalue weighted by atomic mass is 16.2. The van der Waals surface area contributed by atoms with Crippen LogP contribution in [0, 0.1) is 5.41 Å². The monoisotopic (exact) mass is 331 g/mol. The van der Waals surface area contributed by atoms with E-state index in [0.717, 1.165) is 44.6 Å². The number of nitrogens with one attached hydrogen (secondary N) is 2. The van der Waals surface area contributed by atoms with E-state index in [4.69, 9.17) is 0 Å². The lowest BCUT2D eigenvalue weighted by atomic mass is 9.84. The van der Waals surface area contributed by atoms with Crippen LogP contribution in [-0.2, 0) is 11.2 Å². The van der Waals surface area contributed by atoms with Crippen LogP contribution in [0.3, 0.4) is 0 Å². The molecule has 0 bridgehead atoms. The molecular weight excluding hydrogens is 302 g/mol. The van der Waals surface area contributed by atoms with Gasteiger partial charge in [-0.05, 0) is 30.9 Å². The van der Waals surface area contributed by atoms with E-state index in [0.29, 0.717) is 6.54 Å². The van der Waals surface area contributed by atoms with E-state index in [2.05, 4.69) is 26.7 Å². The van der Waals surface area contributed by atoms with Crippen molar-refractivity contribution < 1.29 is 4.79 Å². The van der Waals surface area contributed by atoms with Gasteiger partial charge in [0.2, 0.25) is 5.91 Å². The van der Waals surface area contributed by atoms with Crippen LogP contribution < -0.4 is 10.6 Å². The Balaban J connectivity index is 1.84. The van der Waals surface area contributed by atoms with E-state index in [1.807, 2.05) is 26.4 Å². The SMILES string of the molecule is CN=C(NCCc1cccnc1)NCC1(C(=O)N(C)C)CCCC1. The van der Waals surface area contributed by atoms with Crippen LogP contribution in [0.15, 0.2) is 29.5 Å². The number of carbonyl (C=O) groups is 1. The normalized spacial score (nSPS) is 16.7. The molecule has 1 saturated carbocycles. The van der Waals surface area contributed by atoms with Gasteiger partial charge < -0.3 is 15.5 Å². The van der Waals surface area contributed by atoms with Crippen LogP contribution in [-0.4, -0.2) is 56.0 Å². The van der Waals surface area contributed by atoms with E-state index < -0.39 is 0 Å². The van der Waals surface area contributed by atoms with Crippen LogP contribution >= 0.6 is 0 Å². The van der Waals surface area contributed by atoms with Gasteiger partial charge in [-0.2, -0.15) is 0 Å². The summed E-state index contributed by atoms with van der Waals surface area (Å²) >= 11 is 0. The average Bonchev–Trinajstić information content (AvgIpc) is 3.08.